The van der Waals surface area contributed by atoms with Gasteiger partial charge in [-0.2, -0.15) is 13.2 Å². The van der Waals surface area contributed by atoms with Crippen LogP contribution in [0.15, 0.2) is 72.8 Å². The van der Waals surface area contributed by atoms with Crippen LogP contribution >= 0.6 is 0 Å². The molecule has 0 unspecified atom stereocenters. The van der Waals surface area contributed by atoms with Crippen LogP contribution in [0, 0.1) is 5.92 Å². The molecule has 0 bridgehead atoms. The maximum atomic E-state index is 12.7. The number of ether oxygens (including phenoxy) is 2. The van der Waals surface area contributed by atoms with Gasteiger partial charge in [0.1, 0.15) is 17.2 Å². The third-order valence-corrected chi connectivity index (χ3v) is 6.35. The molecular formula is C28H29F3O2. The second kappa shape index (κ2) is 10.3. The molecule has 0 saturated heterocycles. The number of hydrogen-bond donors (Lipinski definition) is 0. The molecule has 4 rings (SSSR count). The van der Waals surface area contributed by atoms with Gasteiger partial charge in [-0.05, 0) is 97.7 Å². The van der Waals surface area contributed by atoms with Gasteiger partial charge in [-0.1, -0.05) is 37.6 Å². The molecule has 33 heavy (non-hydrogen) atoms. The molecule has 0 amide bonds. The van der Waals surface area contributed by atoms with Gasteiger partial charge in [-0.3, -0.25) is 0 Å². The molecule has 0 atom stereocenters. The summed E-state index contributed by atoms with van der Waals surface area (Å²) in [6.45, 7) is 2.27. The van der Waals surface area contributed by atoms with Crippen LogP contribution in [-0.4, -0.2) is 6.10 Å². The van der Waals surface area contributed by atoms with Gasteiger partial charge >= 0.3 is 6.18 Å². The van der Waals surface area contributed by atoms with Crippen molar-refractivity contribution in [2.24, 2.45) is 5.92 Å². The highest BCUT2D eigenvalue weighted by atomic mass is 19.4. The predicted molar refractivity (Wildman–Crippen MR) is 124 cm³/mol. The molecule has 0 radical (unpaired) electrons. The lowest BCUT2D eigenvalue weighted by atomic mass is 9.86. The Bertz CT molecular complexity index is 1000. The first-order chi connectivity index (χ1) is 15.9. The average molecular weight is 455 g/mol. The van der Waals surface area contributed by atoms with E-state index < -0.39 is 11.7 Å². The van der Waals surface area contributed by atoms with Crippen molar-refractivity contribution in [2.45, 2.75) is 57.7 Å². The molecule has 174 valence electrons. The molecule has 0 spiro atoms. The van der Waals surface area contributed by atoms with Crippen LogP contribution in [0.3, 0.4) is 0 Å². The summed E-state index contributed by atoms with van der Waals surface area (Å²) < 4.78 is 49.9. The van der Waals surface area contributed by atoms with Crippen molar-refractivity contribution in [3.63, 3.8) is 0 Å². The van der Waals surface area contributed by atoms with E-state index in [0.717, 1.165) is 48.6 Å². The Kier molecular flexibility index (Phi) is 7.26. The molecule has 2 nitrogen and oxygen atoms in total. The predicted octanol–water partition coefficient (Wildman–Crippen LogP) is 8.44. The highest BCUT2D eigenvalue weighted by molar-refractivity contribution is 5.37. The van der Waals surface area contributed by atoms with Crippen LogP contribution in [0.4, 0.5) is 13.2 Å². The fraction of sp³-hybridized carbons (Fsp3) is 0.357. The molecule has 0 aliphatic heterocycles. The van der Waals surface area contributed by atoms with Crippen molar-refractivity contribution in [2.75, 3.05) is 0 Å². The minimum absolute atomic E-state index is 0.329. The SMILES string of the molecule is CCC1CCC(Oc2ccc(Cc3ccc(Oc4ccc(C(F)(F)F)cc4)cc3)cc2)CC1. The summed E-state index contributed by atoms with van der Waals surface area (Å²) in [6, 6.07) is 20.6. The first-order valence-electron chi connectivity index (χ1n) is 11.6. The summed E-state index contributed by atoms with van der Waals surface area (Å²) in [5.74, 6) is 2.74. The quantitative estimate of drug-likeness (QED) is 0.357. The van der Waals surface area contributed by atoms with E-state index in [1.807, 2.05) is 36.4 Å². The molecule has 1 saturated carbocycles. The van der Waals surface area contributed by atoms with Gasteiger partial charge in [-0.25, -0.2) is 0 Å². The number of halogens is 3. The van der Waals surface area contributed by atoms with Crippen LogP contribution in [0.1, 0.15) is 55.7 Å². The fourth-order valence-electron chi connectivity index (χ4n) is 4.30. The number of benzene rings is 3. The van der Waals surface area contributed by atoms with Crippen LogP contribution < -0.4 is 9.47 Å². The summed E-state index contributed by atoms with van der Waals surface area (Å²) in [4.78, 5) is 0. The molecule has 0 N–H and O–H groups in total. The van der Waals surface area contributed by atoms with E-state index >= 15 is 0 Å². The molecule has 1 fully saturated rings. The molecule has 0 aromatic heterocycles. The number of alkyl halides is 3. The minimum atomic E-state index is -4.35. The smallest absolute Gasteiger partial charge is 0.416 e. The van der Waals surface area contributed by atoms with Crippen molar-refractivity contribution in [3.8, 4) is 17.2 Å². The van der Waals surface area contributed by atoms with Crippen LogP contribution in [-0.2, 0) is 12.6 Å². The Labute approximate surface area is 193 Å². The average Bonchev–Trinajstić information content (AvgIpc) is 2.82. The molecular weight excluding hydrogens is 425 g/mol. The summed E-state index contributed by atoms with van der Waals surface area (Å²) in [7, 11) is 0. The van der Waals surface area contributed by atoms with Gasteiger partial charge in [0.25, 0.3) is 0 Å². The Morgan fingerprint density at radius 3 is 1.67 bits per heavy atom. The van der Waals surface area contributed by atoms with Gasteiger partial charge in [0, 0.05) is 0 Å². The molecule has 3 aromatic rings. The third kappa shape index (κ3) is 6.53. The highest BCUT2D eigenvalue weighted by Gasteiger charge is 2.30. The van der Waals surface area contributed by atoms with Crippen LogP contribution in [0.2, 0.25) is 0 Å². The molecule has 1 aliphatic carbocycles. The first-order valence-corrected chi connectivity index (χ1v) is 11.6. The summed E-state index contributed by atoms with van der Waals surface area (Å²) >= 11 is 0. The van der Waals surface area contributed by atoms with E-state index in [1.165, 1.54) is 37.0 Å². The fourth-order valence-corrected chi connectivity index (χ4v) is 4.30. The summed E-state index contributed by atoms with van der Waals surface area (Å²) in [5, 5.41) is 0. The van der Waals surface area contributed by atoms with E-state index in [9.17, 15) is 13.2 Å². The third-order valence-electron chi connectivity index (χ3n) is 6.35. The van der Waals surface area contributed by atoms with E-state index in [4.69, 9.17) is 9.47 Å². The van der Waals surface area contributed by atoms with E-state index in [2.05, 4.69) is 19.1 Å². The normalized spacial score (nSPS) is 18.7. The van der Waals surface area contributed by atoms with Crippen LogP contribution in [0.25, 0.3) is 0 Å². The van der Waals surface area contributed by atoms with Crippen molar-refractivity contribution < 1.29 is 22.6 Å². The molecule has 5 heteroatoms. The van der Waals surface area contributed by atoms with Crippen molar-refractivity contribution >= 4 is 0 Å². The molecule has 0 heterocycles. The van der Waals surface area contributed by atoms with Crippen molar-refractivity contribution in [3.05, 3.63) is 89.5 Å². The summed E-state index contributed by atoms with van der Waals surface area (Å²) in [5.41, 5.74) is 1.63. The minimum Gasteiger partial charge on any atom is -0.490 e. The maximum Gasteiger partial charge on any atom is 0.416 e. The Morgan fingerprint density at radius 2 is 1.18 bits per heavy atom. The Balaban J connectivity index is 1.29. The zero-order valence-corrected chi connectivity index (χ0v) is 18.8. The largest absolute Gasteiger partial charge is 0.490 e. The lowest BCUT2D eigenvalue weighted by Crippen LogP contribution is -2.23. The van der Waals surface area contributed by atoms with Gasteiger partial charge in [-0.15, -0.1) is 0 Å². The van der Waals surface area contributed by atoms with Gasteiger partial charge in [0.05, 0.1) is 11.7 Å². The standard InChI is InChI=1S/C28H29F3O2/c1-2-20-3-11-24(12-4-20)32-25-13-5-21(6-14-25)19-22-7-15-26(16-8-22)33-27-17-9-23(10-18-27)28(29,30)31/h5-10,13-18,20,24H,2-4,11-12,19H2,1H3. The van der Waals surface area contributed by atoms with Crippen molar-refractivity contribution in [1.29, 1.82) is 0 Å². The monoisotopic (exact) mass is 454 g/mol. The Hall–Kier alpha value is -2.95. The topological polar surface area (TPSA) is 18.5 Å². The lowest BCUT2D eigenvalue weighted by molar-refractivity contribution is -0.137. The van der Waals surface area contributed by atoms with Gasteiger partial charge < -0.3 is 9.47 Å². The second-order valence-corrected chi connectivity index (χ2v) is 8.76. The lowest BCUT2D eigenvalue weighted by Gasteiger charge is -2.28. The van der Waals surface area contributed by atoms with E-state index in [-0.39, 0.29) is 0 Å². The van der Waals surface area contributed by atoms with E-state index in [1.54, 1.807) is 0 Å². The van der Waals surface area contributed by atoms with Gasteiger partial charge in [0.15, 0.2) is 0 Å². The zero-order chi connectivity index (χ0) is 23.3. The van der Waals surface area contributed by atoms with E-state index in [0.29, 0.717) is 17.6 Å². The number of hydrogen-bond acceptors (Lipinski definition) is 2. The zero-order valence-electron chi connectivity index (χ0n) is 18.8. The van der Waals surface area contributed by atoms with Crippen molar-refractivity contribution in [1.82, 2.24) is 0 Å². The molecule has 3 aromatic carbocycles. The maximum absolute atomic E-state index is 12.7. The summed E-state index contributed by atoms with van der Waals surface area (Å²) in [6.07, 6.45) is 2.83. The second-order valence-electron chi connectivity index (χ2n) is 8.76. The van der Waals surface area contributed by atoms with Gasteiger partial charge in [0.2, 0.25) is 0 Å². The molecule has 1 aliphatic rings. The number of rotatable bonds is 7. The highest BCUT2D eigenvalue weighted by Crippen LogP contribution is 2.32. The Morgan fingerprint density at radius 1 is 0.697 bits per heavy atom. The first kappa shape index (κ1) is 23.2. The van der Waals surface area contributed by atoms with Crippen LogP contribution in [0.5, 0.6) is 17.2 Å².